The Morgan fingerprint density at radius 2 is 2.03 bits per heavy atom. The Hall–Kier alpha value is -1.34. The van der Waals surface area contributed by atoms with E-state index >= 15 is 0 Å². The number of ether oxygens (including phenoxy) is 2. The predicted octanol–water partition coefficient (Wildman–Crippen LogP) is 0.961. The maximum atomic E-state index is 11.6. The summed E-state index contributed by atoms with van der Waals surface area (Å²) in [5, 5.41) is 36.9. The molecule has 0 bridgehead atoms. The first kappa shape index (κ1) is 24.8. The Morgan fingerprint density at radius 1 is 1.33 bits per heavy atom. The van der Waals surface area contributed by atoms with Crippen LogP contribution in [-0.4, -0.2) is 82.8 Å². The minimum absolute atomic E-state index is 0.220. The Labute approximate surface area is 194 Å². The minimum atomic E-state index is -4.82. The average Bonchev–Trinajstić information content (AvgIpc) is 3.47. The molecule has 1 aliphatic heterocycles. The predicted molar refractivity (Wildman–Crippen MR) is 118 cm³/mol. The summed E-state index contributed by atoms with van der Waals surface area (Å²) >= 11 is 6.23. The van der Waals surface area contributed by atoms with Crippen LogP contribution in [0.3, 0.4) is 0 Å². The average molecular weight is 507 g/mol. The van der Waals surface area contributed by atoms with E-state index in [1.165, 1.54) is 4.68 Å². The second-order valence-corrected chi connectivity index (χ2v) is 11.1. The van der Waals surface area contributed by atoms with Crippen LogP contribution in [-0.2, 0) is 14.0 Å². The number of halogens is 1. The Morgan fingerprint density at radius 3 is 2.67 bits per heavy atom. The normalized spacial score (nSPS) is 28.5. The number of nitrogens with zero attached hydrogens (tertiary/aromatic N) is 3. The van der Waals surface area contributed by atoms with Crippen molar-refractivity contribution in [3.63, 3.8) is 0 Å². The SMILES string of the molecule is CC(CO)(OC[C@H]1O[C@@H](n2ncc3c(NC4CCCC4)cc(Cl)nc32)[C@H](O)[C@@H]1O)P(=O)(O)O. The topological polar surface area (TPSA) is 179 Å². The van der Waals surface area contributed by atoms with Crippen LogP contribution in [0.4, 0.5) is 5.69 Å². The molecule has 0 spiro atoms. The molecule has 1 aliphatic carbocycles. The monoisotopic (exact) mass is 506 g/mol. The molecule has 6 N–H and O–H groups in total. The number of anilines is 1. The van der Waals surface area contributed by atoms with Gasteiger partial charge in [-0.15, -0.1) is 0 Å². The van der Waals surface area contributed by atoms with Gasteiger partial charge in [-0.25, -0.2) is 9.67 Å². The highest BCUT2D eigenvalue weighted by atomic mass is 35.5. The van der Waals surface area contributed by atoms with E-state index in [2.05, 4.69) is 15.4 Å². The van der Waals surface area contributed by atoms with Crippen LogP contribution in [0.2, 0.25) is 5.15 Å². The largest absolute Gasteiger partial charge is 0.393 e. The summed E-state index contributed by atoms with van der Waals surface area (Å²) in [7, 11) is -4.82. The summed E-state index contributed by atoms with van der Waals surface area (Å²) < 4.78 is 23.9. The van der Waals surface area contributed by atoms with Crippen molar-refractivity contribution in [3.8, 4) is 0 Å². The van der Waals surface area contributed by atoms with Crippen LogP contribution < -0.4 is 5.32 Å². The third-order valence-electron chi connectivity index (χ3n) is 6.30. The summed E-state index contributed by atoms with van der Waals surface area (Å²) in [6, 6.07) is 2.03. The van der Waals surface area contributed by atoms with Crippen LogP contribution in [0, 0.1) is 0 Å². The molecule has 2 aliphatic rings. The van der Waals surface area contributed by atoms with Gasteiger partial charge >= 0.3 is 7.60 Å². The van der Waals surface area contributed by atoms with E-state index < -0.39 is 50.7 Å². The Balaban J connectivity index is 1.56. The molecular weight excluding hydrogens is 479 g/mol. The van der Waals surface area contributed by atoms with Crippen LogP contribution in [0.25, 0.3) is 11.0 Å². The summed E-state index contributed by atoms with van der Waals surface area (Å²) in [5.74, 6) is 0. The van der Waals surface area contributed by atoms with Gasteiger partial charge in [0.2, 0.25) is 0 Å². The van der Waals surface area contributed by atoms with Gasteiger partial charge in [0.15, 0.2) is 17.2 Å². The van der Waals surface area contributed by atoms with E-state index in [1.807, 2.05) is 0 Å². The van der Waals surface area contributed by atoms with Gasteiger partial charge in [0.1, 0.15) is 23.5 Å². The van der Waals surface area contributed by atoms with E-state index in [0.717, 1.165) is 38.3 Å². The van der Waals surface area contributed by atoms with Crippen molar-refractivity contribution in [2.45, 2.75) is 68.5 Å². The number of rotatable bonds is 8. The lowest BCUT2D eigenvalue weighted by Crippen LogP contribution is -2.39. The van der Waals surface area contributed by atoms with Gasteiger partial charge in [-0.2, -0.15) is 5.10 Å². The van der Waals surface area contributed by atoms with Crippen LogP contribution >= 0.6 is 19.2 Å². The summed E-state index contributed by atoms with van der Waals surface area (Å²) in [6.45, 7) is -0.386. The van der Waals surface area contributed by atoms with E-state index in [0.29, 0.717) is 17.1 Å². The zero-order valence-electron chi connectivity index (χ0n) is 17.9. The van der Waals surface area contributed by atoms with Gasteiger partial charge in [0, 0.05) is 6.04 Å². The van der Waals surface area contributed by atoms with E-state index in [4.69, 9.17) is 21.1 Å². The molecule has 1 unspecified atom stereocenters. The summed E-state index contributed by atoms with van der Waals surface area (Å²) in [5.41, 5.74) is 1.10. The van der Waals surface area contributed by atoms with Gasteiger partial charge in [-0.1, -0.05) is 24.4 Å². The third kappa shape index (κ3) is 4.77. The molecule has 4 rings (SSSR count). The van der Waals surface area contributed by atoms with Gasteiger partial charge in [0.05, 0.1) is 30.5 Å². The lowest BCUT2D eigenvalue weighted by atomic mass is 10.1. The van der Waals surface area contributed by atoms with Crippen molar-refractivity contribution in [2.24, 2.45) is 0 Å². The minimum Gasteiger partial charge on any atom is -0.393 e. The number of hydrogen-bond donors (Lipinski definition) is 6. The van der Waals surface area contributed by atoms with Crippen molar-refractivity contribution in [2.75, 3.05) is 18.5 Å². The molecule has 2 aromatic heterocycles. The van der Waals surface area contributed by atoms with Crippen LogP contribution in [0.1, 0.15) is 38.8 Å². The summed E-state index contributed by atoms with van der Waals surface area (Å²) in [6.07, 6.45) is 0.820. The highest BCUT2D eigenvalue weighted by molar-refractivity contribution is 7.53. The van der Waals surface area contributed by atoms with Gasteiger partial charge < -0.3 is 39.9 Å². The quantitative estimate of drug-likeness (QED) is 0.222. The fourth-order valence-corrected chi connectivity index (χ4v) is 4.75. The molecule has 2 fully saturated rings. The number of aliphatic hydroxyl groups excluding tert-OH is 3. The molecule has 2 aromatic rings. The number of aliphatic hydroxyl groups is 3. The molecule has 5 atom stereocenters. The molecule has 0 amide bonds. The second-order valence-electron chi connectivity index (χ2n) is 8.68. The fourth-order valence-electron chi connectivity index (χ4n) is 4.14. The molecule has 1 saturated heterocycles. The fraction of sp³-hybridized carbons (Fsp3) is 0.684. The molecule has 12 nitrogen and oxygen atoms in total. The van der Waals surface area contributed by atoms with E-state index in [9.17, 15) is 29.7 Å². The van der Waals surface area contributed by atoms with Gasteiger partial charge in [-0.3, -0.25) is 4.57 Å². The second kappa shape index (κ2) is 9.37. The molecule has 3 heterocycles. The van der Waals surface area contributed by atoms with Crippen LogP contribution in [0.15, 0.2) is 12.3 Å². The number of nitrogens with one attached hydrogen (secondary N) is 1. The molecule has 0 aromatic carbocycles. The van der Waals surface area contributed by atoms with Crippen molar-refractivity contribution in [1.29, 1.82) is 0 Å². The first-order valence-corrected chi connectivity index (χ1v) is 12.7. The highest BCUT2D eigenvalue weighted by Crippen LogP contribution is 2.51. The molecular formula is C19H28ClN4O8P. The van der Waals surface area contributed by atoms with Crippen molar-refractivity contribution in [3.05, 3.63) is 17.4 Å². The zero-order valence-corrected chi connectivity index (χ0v) is 19.6. The first-order chi connectivity index (χ1) is 15.5. The third-order valence-corrected chi connectivity index (χ3v) is 7.99. The lowest BCUT2D eigenvalue weighted by Gasteiger charge is -2.29. The van der Waals surface area contributed by atoms with E-state index in [-0.39, 0.29) is 5.15 Å². The molecule has 0 radical (unpaired) electrons. The number of aromatic nitrogens is 3. The van der Waals surface area contributed by atoms with Crippen molar-refractivity contribution < 1.29 is 39.1 Å². The molecule has 33 heavy (non-hydrogen) atoms. The van der Waals surface area contributed by atoms with E-state index in [1.54, 1.807) is 12.3 Å². The highest BCUT2D eigenvalue weighted by Gasteiger charge is 2.48. The maximum absolute atomic E-state index is 11.6. The Bertz CT molecular complexity index is 1040. The van der Waals surface area contributed by atoms with Gasteiger partial charge in [-0.05, 0) is 25.8 Å². The zero-order chi connectivity index (χ0) is 24.0. The van der Waals surface area contributed by atoms with Crippen molar-refractivity contribution in [1.82, 2.24) is 14.8 Å². The number of pyridine rings is 1. The van der Waals surface area contributed by atoms with Crippen LogP contribution in [0.5, 0.6) is 0 Å². The summed E-state index contributed by atoms with van der Waals surface area (Å²) in [4.78, 5) is 23.2. The smallest absolute Gasteiger partial charge is 0.359 e. The van der Waals surface area contributed by atoms with Gasteiger partial charge in [0.25, 0.3) is 0 Å². The molecule has 14 heteroatoms. The van der Waals surface area contributed by atoms with Crippen molar-refractivity contribution >= 4 is 35.9 Å². The maximum Gasteiger partial charge on any atom is 0.359 e. The lowest BCUT2D eigenvalue weighted by molar-refractivity contribution is -0.104. The Kier molecular flexibility index (Phi) is 7.03. The molecule has 184 valence electrons. The molecule has 1 saturated carbocycles. The number of hydrogen-bond acceptors (Lipinski definition) is 9. The number of fused-ring (bicyclic) bond motifs is 1. The first-order valence-electron chi connectivity index (χ1n) is 10.7. The standard InChI is InChI=1S/C19H28ClN4O8P/c1-19(9-25,33(28,29)30)31-8-13-15(26)16(27)18(32-13)24-17-11(7-21-24)12(6-14(20)23-17)22-10-4-2-3-5-10/h6-7,10,13,15-16,18,25-27H,2-5,8-9H2,1H3,(H,22,23)(H2,28,29,30)/t13-,15-,16-,18-,19?/m1/s1.